The van der Waals surface area contributed by atoms with E-state index in [4.69, 9.17) is 0 Å². The molecule has 0 saturated carbocycles. The molecule has 0 spiro atoms. The van der Waals surface area contributed by atoms with Crippen LogP contribution in [0.4, 0.5) is 5.69 Å². The minimum atomic E-state index is -0.153. The van der Waals surface area contributed by atoms with Gasteiger partial charge in [0, 0.05) is 38.2 Å². The zero-order chi connectivity index (χ0) is 21.8. The Hall–Kier alpha value is -3.67. The van der Waals surface area contributed by atoms with Gasteiger partial charge in [-0.3, -0.25) is 4.79 Å². The predicted octanol–water partition coefficient (Wildman–Crippen LogP) is 4.65. The van der Waals surface area contributed by atoms with Crippen LogP contribution < -0.4 is 4.90 Å². The number of hydrogen-bond acceptors (Lipinski definition) is 4. The minimum absolute atomic E-state index is 0.153. The first kappa shape index (κ1) is 20.2. The number of para-hydroxylation sites is 2. The molecule has 4 aromatic rings. The highest BCUT2D eigenvalue weighted by atomic mass is 16.2. The number of carbonyl (C=O) groups excluding carboxylic acids is 1. The molecule has 1 unspecified atom stereocenters. The van der Waals surface area contributed by atoms with Crippen LogP contribution in [0.25, 0.3) is 11.0 Å². The summed E-state index contributed by atoms with van der Waals surface area (Å²) < 4.78 is 1.93. The number of benzene rings is 3. The molecule has 3 aromatic carbocycles. The van der Waals surface area contributed by atoms with E-state index in [1.54, 1.807) is 0 Å². The maximum absolute atomic E-state index is 12.7. The van der Waals surface area contributed by atoms with Crippen molar-refractivity contribution in [1.29, 1.82) is 0 Å². The van der Waals surface area contributed by atoms with Crippen molar-refractivity contribution in [3.05, 3.63) is 90.5 Å². The molecule has 1 aromatic heterocycles. The summed E-state index contributed by atoms with van der Waals surface area (Å²) in [5.74, 6) is 0.198. The van der Waals surface area contributed by atoms with Crippen LogP contribution in [-0.4, -0.2) is 38.9 Å². The monoisotopic (exact) mass is 425 g/mol. The molecule has 5 rings (SSSR count). The molecule has 1 aliphatic heterocycles. The summed E-state index contributed by atoms with van der Waals surface area (Å²) in [5, 5.41) is 8.81. The lowest BCUT2D eigenvalue weighted by molar-refractivity contribution is -0.131. The number of rotatable bonds is 8. The lowest BCUT2D eigenvalue weighted by atomic mass is 10.1. The summed E-state index contributed by atoms with van der Waals surface area (Å²) in [5.41, 5.74) is 4.25. The third-order valence-corrected chi connectivity index (χ3v) is 6.12. The fourth-order valence-electron chi connectivity index (χ4n) is 4.51. The maximum atomic E-state index is 12.7. The minimum Gasteiger partial charge on any atom is -0.367 e. The summed E-state index contributed by atoms with van der Waals surface area (Å²) in [4.78, 5) is 17.1. The number of aromatic nitrogens is 3. The number of nitrogens with zero attached hydrogens (tertiary/aromatic N) is 5. The smallest absolute Gasteiger partial charge is 0.224 e. The van der Waals surface area contributed by atoms with Crippen molar-refractivity contribution >= 4 is 22.6 Å². The molecule has 0 radical (unpaired) electrons. The van der Waals surface area contributed by atoms with Gasteiger partial charge in [-0.1, -0.05) is 65.9 Å². The van der Waals surface area contributed by atoms with Gasteiger partial charge >= 0.3 is 0 Å². The summed E-state index contributed by atoms with van der Waals surface area (Å²) in [6, 6.07) is 28.9. The second-order valence-corrected chi connectivity index (χ2v) is 8.23. The molecule has 1 amide bonds. The van der Waals surface area contributed by atoms with E-state index in [0.717, 1.165) is 43.5 Å². The van der Waals surface area contributed by atoms with Gasteiger partial charge in [0.2, 0.25) is 5.91 Å². The zero-order valence-electron chi connectivity index (χ0n) is 18.0. The second-order valence-electron chi connectivity index (χ2n) is 8.23. The molecule has 0 bridgehead atoms. The van der Waals surface area contributed by atoms with Crippen molar-refractivity contribution < 1.29 is 4.79 Å². The molecular formula is C26H27N5O. The van der Waals surface area contributed by atoms with Crippen molar-refractivity contribution in [1.82, 2.24) is 19.9 Å². The fraction of sp³-hybridized carbons (Fsp3) is 0.269. The standard InChI is InChI=1S/C26H27N5O/c32-26-16-9-18-30(26)25(31-24-15-8-7-14-23(24)27-28-31)17-19-29(22-12-5-2-6-13-22)20-21-10-3-1-4-11-21/h1-8,10-15,25H,9,16-20H2. The van der Waals surface area contributed by atoms with E-state index in [-0.39, 0.29) is 12.1 Å². The van der Waals surface area contributed by atoms with Crippen molar-refractivity contribution in [2.45, 2.75) is 32.0 Å². The Bertz CT molecular complexity index is 1170. The van der Waals surface area contributed by atoms with Gasteiger partial charge in [-0.2, -0.15) is 0 Å². The first-order valence-electron chi connectivity index (χ1n) is 11.2. The van der Waals surface area contributed by atoms with Crippen molar-refractivity contribution in [3.63, 3.8) is 0 Å². The second kappa shape index (κ2) is 9.22. The molecule has 0 aliphatic carbocycles. The van der Waals surface area contributed by atoms with Crippen LogP contribution in [0.1, 0.15) is 31.0 Å². The van der Waals surface area contributed by atoms with E-state index in [0.29, 0.717) is 6.42 Å². The van der Waals surface area contributed by atoms with E-state index in [9.17, 15) is 4.79 Å². The van der Waals surface area contributed by atoms with Gasteiger partial charge in [0.05, 0.1) is 5.52 Å². The van der Waals surface area contributed by atoms with Crippen molar-refractivity contribution in [2.24, 2.45) is 0 Å². The summed E-state index contributed by atoms with van der Waals surface area (Å²) in [7, 11) is 0. The van der Waals surface area contributed by atoms with Gasteiger partial charge in [0.25, 0.3) is 0 Å². The van der Waals surface area contributed by atoms with Crippen LogP contribution >= 0.6 is 0 Å². The number of hydrogen-bond donors (Lipinski definition) is 0. The van der Waals surface area contributed by atoms with Crippen LogP contribution in [0.2, 0.25) is 0 Å². The third-order valence-electron chi connectivity index (χ3n) is 6.12. The van der Waals surface area contributed by atoms with Gasteiger partial charge in [-0.05, 0) is 36.2 Å². The molecule has 2 heterocycles. The molecule has 1 atom stereocenters. The quantitative estimate of drug-likeness (QED) is 0.412. The average molecular weight is 426 g/mol. The molecule has 6 nitrogen and oxygen atoms in total. The number of amides is 1. The summed E-state index contributed by atoms with van der Waals surface area (Å²) >= 11 is 0. The SMILES string of the molecule is O=C1CCCN1C(CCN(Cc1ccccc1)c1ccccc1)n1nnc2ccccc21. The van der Waals surface area contributed by atoms with Gasteiger partial charge in [-0.15, -0.1) is 5.10 Å². The van der Waals surface area contributed by atoms with Gasteiger partial charge in [0.1, 0.15) is 11.7 Å². The van der Waals surface area contributed by atoms with Crippen LogP contribution in [0.15, 0.2) is 84.9 Å². The van der Waals surface area contributed by atoms with E-state index in [2.05, 4.69) is 63.7 Å². The number of fused-ring (bicyclic) bond motifs is 1. The Balaban J connectivity index is 1.44. The first-order chi connectivity index (χ1) is 15.8. The fourth-order valence-corrected chi connectivity index (χ4v) is 4.51. The van der Waals surface area contributed by atoms with E-state index >= 15 is 0 Å². The first-order valence-corrected chi connectivity index (χ1v) is 11.2. The number of likely N-dealkylation sites (tertiary alicyclic amines) is 1. The molecule has 1 fully saturated rings. The van der Waals surface area contributed by atoms with E-state index in [1.807, 2.05) is 46.0 Å². The van der Waals surface area contributed by atoms with Crippen LogP contribution in [0.3, 0.4) is 0 Å². The largest absolute Gasteiger partial charge is 0.367 e. The van der Waals surface area contributed by atoms with Gasteiger partial charge in [-0.25, -0.2) is 4.68 Å². The summed E-state index contributed by atoms with van der Waals surface area (Å²) in [6.45, 7) is 2.37. The van der Waals surface area contributed by atoms with Crippen LogP contribution in [0.5, 0.6) is 0 Å². The maximum Gasteiger partial charge on any atom is 0.224 e. The molecule has 1 aliphatic rings. The molecule has 6 heteroatoms. The normalized spacial score (nSPS) is 14.8. The lowest BCUT2D eigenvalue weighted by Gasteiger charge is -2.32. The van der Waals surface area contributed by atoms with Crippen LogP contribution in [-0.2, 0) is 11.3 Å². The van der Waals surface area contributed by atoms with E-state index < -0.39 is 0 Å². The van der Waals surface area contributed by atoms with Gasteiger partial charge < -0.3 is 9.80 Å². The molecule has 32 heavy (non-hydrogen) atoms. The zero-order valence-corrected chi connectivity index (χ0v) is 18.0. The Morgan fingerprint density at radius 1 is 0.906 bits per heavy atom. The Morgan fingerprint density at radius 2 is 1.62 bits per heavy atom. The highest BCUT2D eigenvalue weighted by Gasteiger charge is 2.31. The average Bonchev–Trinajstić information content (AvgIpc) is 3.47. The molecule has 0 N–H and O–H groups in total. The molecule has 162 valence electrons. The number of carbonyl (C=O) groups is 1. The van der Waals surface area contributed by atoms with E-state index in [1.165, 1.54) is 11.3 Å². The Labute approximate surface area is 188 Å². The van der Waals surface area contributed by atoms with Crippen LogP contribution in [0, 0.1) is 0 Å². The molecule has 1 saturated heterocycles. The third kappa shape index (κ3) is 4.21. The predicted molar refractivity (Wildman–Crippen MR) is 126 cm³/mol. The van der Waals surface area contributed by atoms with Crippen molar-refractivity contribution in [2.75, 3.05) is 18.0 Å². The van der Waals surface area contributed by atoms with Gasteiger partial charge in [0.15, 0.2) is 0 Å². The Morgan fingerprint density at radius 3 is 2.38 bits per heavy atom. The number of anilines is 1. The lowest BCUT2D eigenvalue weighted by Crippen LogP contribution is -2.37. The van der Waals surface area contributed by atoms with Crippen molar-refractivity contribution in [3.8, 4) is 0 Å². The molecular weight excluding hydrogens is 398 g/mol. The summed E-state index contributed by atoms with van der Waals surface area (Å²) in [6.07, 6.45) is 2.12. The highest BCUT2D eigenvalue weighted by molar-refractivity contribution is 5.79. The topological polar surface area (TPSA) is 54.3 Å². The Kier molecular flexibility index (Phi) is 5.83. The highest BCUT2D eigenvalue weighted by Crippen LogP contribution is 2.28.